The molecule has 1 N–H and O–H groups in total. The summed E-state index contributed by atoms with van der Waals surface area (Å²) in [6.07, 6.45) is 0.838. The summed E-state index contributed by atoms with van der Waals surface area (Å²) in [5.74, 6) is 1.61. The second-order valence-corrected chi connectivity index (χ2v) is 7.11. The van der Waals surface area contributed by atoms with Crippen molar-refractivity contribution in [2.75, 3.05) is 45.9 Å². The summed E-state index contributed by atoms with van der Waals surface area (Å²) in [7, 11) is 0. The monoisotopic (exact) mass is 320 g/mol. The normalized spacial score (nSPS) is 18.3. The van der Waals surface area contributed by atoms with Gasteiger partial charge in [-0.3, -0.25) is 4.90 Å². The van der Waals surface area contributed by atoms with Gasteiger partial charge in [-0.05, 0) is 43.5 Å². The van der Waals surface area contributed by atoms with Crippen molar-refractivity contribution in [2.45, 2.75) is 33.3 Å². The molecular weight excluding hydrogens is 288 g/mol. The summed E-state index contributed by atoms with van der Waals surface area (Å²) in [5, 5.41) is 10.2. The first-order valence-corrected chi connectivity index (χ1v) is 8.85. The summed E-state index contributed by atoms with van der Waals surface area (Å²) < 4.78 is 5.69. The fourth-order valence-electron chi connectivity index (χ4n) is 2.88. The molecule has 0 bridgehead atoms. The smallest absolute Gasteiger partial charge is 0.119 e. The van der Waals surface area contributed by atoms with Crippen LogP contribution in [0.25, 0.3) is 0 Å². The average molecular weight is 320 g/mol. The maximum Gasteiger partial charge on any atom is 0.119 e. The number of aliphatic hydroxyl groups excluding tert-OH is 1. The average Bonchev–Trinajstić information content (AvgIpc) is 2.52. The Balaban J connectivity index is 1.63. The van der Waals surface area contributed by atoms with Crippen LogP contribution in [0.3, 0.4) is 0 Å². The number of benzene rings is 1. The SMILES string of the molecule is Cc1cccc(OCC(O)CN2CCN(CCC(C)C)CC2)c1. The van der Waals surface area contributed by atoms with Gasteiger partial charge in [-0.2, -0.15) is 0 Å². The third-order valence-corrected chi connectivity index (χ3v) is 4.39. The standard InChI is InChI=1S/C19H32N2O2/c1-16(2)7-8-20-9-11-21(12-10-20)14-18(22)15-23-19-6-4-5-17(3)13-19/h4-6,13,16,18,22H,7-12,14-15H2,1-3H3. The van der Waals surface area contributed by atoms with Crippen LogP contribution in [0.5, 0.6) is 5.75 Å². The van der Waals surface area contributed by atoms with Crippen molar-refractivity contribution < 1.29 is 9.84 Å². The lowest BCUT2D eigenvalue weighted by Crippen LogP contribution is -2.49. The Morgan fingerprint density at radius 3 is 2.48 bits per heavy atom. The maximum atomic E-state index is 10.2. The molecule has 23 heavy (non-hydrogen) atoms. The number of nitrogens with zero attached hydrogens (tertiary/aromatic N) is 2. The third-order valence-electron chi connectivity index (χ3n) is 4.39. The number of piperazine rings is 1. The molecule has 4 heteroatoms. The van der Waals surface area contributed by atoms with Gasteiger partial charge in [-0.15, -0.1) is 0 Å². The van der Waals surface area contributed by atoms with Crippen LogP contribution in [0.4, 0.5) is 0 Å². The van der Waals surface area contributed by atoms with Gasteiger partial charge < -0.3 is 14.7 Å². The minimum absolute atomic E-state index is 0.358. The van der Waals surface area contributed by atoms with E-state index in [2.05, 4.69) is 23.6 Å². The molecule has 1 unspecified atom stereocenters. The van der Waals surface area contributed by atoms with Gasteiger partial charge >= 0.3 is 0 Å². The van der Waals surface area contributed by atoms with Gasteiger partial charge in [0.2, 0.25) is 0 Å². The van der Waals surface area contributed by atoms with E-state index in [9.17, 15) is 5.11 Å². The van der Waals surface area contributed by atoms with E-state index in [-0.39, 0.29) is 0 Å². The number of hydrogen-bond acceptors (Lipinski definition) is 4. The van der Waals surface area contributed by atoms with Gasteiger partial charge in [-0.25, -0.2) is 0 Å². The molecule has 1 aliphatic heterocycles. The van der Waals surface area contributed by atoms with Crippen LogP contribution < -0.4 is 4.74 Å². The predicted octanol–water partition coefficient (Wildman–Crippen LogP) is 2.40. The van der Waals surface area contributed by atoms with Crippen molar-refractivity contribution in [3.63, 3.8) is 0 Å². The molecule has 1 heterocycles. The molecule has 1 aromatic rings. The fourth-order valence-corrected chi connectivity index (χ4v) is 2.88. The van der Waals surface area contributed by atoms with E-state index in [0.29, 0.717) is 13.2 Å². The van der Waals surface area contributed by atoms with E-state index < -0.39 is 6.10 Å². The molecule has 130 valence electrons. The molecule has 0 aromatic heterocycles. The molecule has 0 aliphatic carbocycles. The highest BCUT2D eigenvalue weighted by atomic mass is 16.5. The van der Waals surface area contributed by atoms with Crippen LogP contribution in [0, 0.1) is 12.8 Å². The fraction of sp³-hybridized carbons (Fsp3) is 0.684. The Bertz CT molecular complexity index is 456. The van der Waals surface area contributed by atoms with Crippen molar-refractivity contribution in [1.29, 1.82) is 0 Å². The molecule has 1 aliphatic rings. The van der Waals surface area contributed by atoms with E-state index >= 15 is 0 Å². The molecule has 2 rings (SSSR count). The lowest BCUT2D eigenvalue weighted by Gasteiger charge is -2.35. The van der Waals surface area contributed by atoms with Gasteiger partial charge in [0.1, 0.15) is 18.5 Å². The summed E-state index contributed by atoms with van der Waals surface area (Å²) in [4.78, 5) is 4.88. The van der Waals surface area contributed by atoms with Crippen molar-refractivity contribution in [2.24, 2.45) is 5.92 Å². The first-order valence-electron chi connectivity index (χ1n) is 8.85. The molecule has 0 amide bonds. The maximum absolute atomic E-state index is 10.2. The highest BCUT2D eigenvalue weighted by molar-refractivity contribution is 5.27. The van der Waals surface area contributed by atoms with Crippen molar-refractivity contribution >= 4 is 0 Å². The Hall–Kier alpha value is -1.10. The molecule has 1 aromatic carbocycles. The molecule has 0 saturated carbocycles. The molecule has 1 atom stereocenters. The van der Waals surface area contributed by atoms with E-state index in [1.165, 1.54) is 18.5 Å². The minimum Gasteiger partial charge on any atom is -0.491 e. The Morgan fingerprint density at radius 1 is 1.13 bits per heavy atom. The van der Waals surface area contributed by atoms with Crippen molar-refractivity contribution in [1.82, 2.24) is 9.80 Å². The zero-order chi connectivity index (χ0) is 16.7. The number of hydrogen-bond donors (Lipinski definition) is 1. The van der Waals surface area contributed by atoms with Crippen molar-refractivity contribution in [3.05, 3.63) is 29.8 Å². The lowest BCUT2D eigenvalue weighted by molar-refractivity contribution is 0.0453. The number of aryl methyl sites for hydroxylation is 1. The molecule has 0 radical (unpaired) electrons. The number of aliphatic hydroxyl groups is 1. The summed E-state index contributed by atoms with van der Waals surface area (Å²) in [5.41, 5.74) is 1.18. The van der Waals surface area contributed by atoms with Crippen LogP contribution in [-0.4, -0.2) is 66.9 Å². The molecule has 4 nitrogen and oxygen atoms in total. The predicted molar refractivity (Wildman–Crippen MR) is 95.0 cm³/mol. The molecule has 0 spiro atoms. The summed E-state index contributed by atoms with van der Waals surface area (Å²) in [6.45, 7) is 13.2. The van der Waals surface area contributed by atoms with Crippen LogP contribution in [-0.2, 0) is 0 Å². The Kier molecular flexibility index (Phi) is 7.34. The second kappa shape index (κ2) is 9.26. The first-order chi connectivity index (χ1) is 11.0. The highest BCUT2D eigenvalue weighted by Crippen LogP contribution is 2.13. The third kappa shape index (κ3) is 6.90. The lowest BCUT2D eigenvalue weighted by atomic mass is 10.1. The van der Waals surface area contributed by atoms with Crippen LogP contribution in [0.15, 0.2) is 24.3 Å². The zero-order valence-electron chi connectivity index (χ0n) is 14.9. The molecule has 1 fully saturated rings. The van der Waals surface area contributed by atoms with Crippen LogP contribution in [0.2, 0.25) is 0 Å². The Morgan fingerprint density at radius 2 is 1.83 bits per heavy atom. The topological polar surface area (TPSA) is 35.9 Å². The van der Waals surface area contributed by atoms with Gasteiger partial charge in [0, 0.05) is 32.7 Å². The summed E-state index contributed by atoms with van der Waals surface area (Å²) in [6, 6.07) is 7.96. The Labute approximate surface area is 141 Å². The van der Waals surface area contributed by atoms with Gasteiger partial charge in [0.25, 0.3) is 0 Å². The number of rotatable bonds is 8. The van der Waals surface area contributed by atoms with E-state index in [1.807, 2.05) is 31.2 Å². The number of β-amino-alcohol motifs (C(OH)–C–C–N with tert-alkyl or cyclic N) is 1. The molecule has 1 saturated heterocycles. The minimum atomic E-state index is -0.433. The second-order valence-electron chi connectivity index (χ2n) is 7.11. The van der Waals surface area contributed by atoms with Gasteiger partial charge in [0.15, 0.2) is 0 Å². The van der Waals surface area contributed by atoms with Crippen LogP contribution in [0.1, 0.15) is 25.8 Å². The van der Waals surface area contributed by atoms with Crippen molar-refractivity contribution in [3.8, 4) is 5.75 Å². The highest BCUT2D eigenvalue weighted by Gasteiger charge is 2.19. The quantitative estimate of drug-likeness (QED) is 0.798. The van der Waals surface area contributed by atoms with Gasteiger partial charge in [-0.1, -0.05) is 26.0 Å². The van der Waals surface area contributed by atoms with E-state index in [4.69, 9.17) is 4.74 Å². The largest absolute Gasteiger partial charge is 0.491 e. The molecular formula is C19H32N2O2. The first kappa shape index (κ1) is 18.2. The van der Waals surface area contributed by atoms with Gasteiger partial charge in [0.05, 0.1) is 0 Å². The van der Waals surface area contributed by atoms with Crippen LogP contribution >= 0.6 is 0 Å². The zero-order valence-corrected chi connectivity index (χ0v) is 14.9. The van der Waals surface area contributed by atoms with E-state index in [1.54, 1.807) is 0 Å². The van der Waals surface area contributed by atoms with E-state index in [0.717, 1.165) is 37.8 Å². The number of ether oxygens (including phenoxy) is 1. The summed E-state index contributed by atoms with van der Waals surface area (Å²) >= 11 is 0.